The first kappa shape index (κ1) is 11.5. The minimum absolute atomic E-state index is 0.156. The van der Waals surface area contributed by atoms with E-state index in [9.17, 15) is 4.79 Å². The van der Waals surface area contributed by atoms with E-state index in [2.05, 4.69) is 15.5 Å². The summed E-state index contributed by atoms with van der Waals surface area (Å²) in [6.45, 7) is 1.78. The summed E-state index contributed by atoms with van der Waals surface area (Å²) in [5.41, 5.74) is 0. The number of hydrogen-bond acceptors (Lipinski definition) is 5. The van der Waals surface area contributed by atoms with E-state index in [-0.39, 0.29) is 5.91 Å². The number of hydrogen-bond donors (Lipinski definition) is 1. The minimum atomic E-state index is -0.156. The normalized spacial score (nSPS) is 9.94. The molecule has 88 valence electrons. The van der Waals surface area contributed by atoms with Crippen LogP contribution in [0.15, 0.2) is 30.3 Å². The number of carbonyl (C=O) groups excluding carboxylic acids is 1. The predicted molar refractivity (Wildman–Crippen MR) is 65.0 cm³/mol. The number of carbonyl (C=O) groups is 1. The van der Waals surface area contributed by atoms with Gasteiger partial charge in [0.1, 0.15) is 12.4 Å². The highest BCUT2D eigenvalue weighted by atomic mass is 32.1. The van der Waals surface area contributed by atoms with Crippen molar-refractivity contribution in [3.63, 3.8) is 0 Å². The minimum Gasteiger partial charge on any atom is -0.486 e. The Hall–Kier alpha value is -1.95. The van der Waals surface area contributed by atoms with Crippen LogP contribution in [0.25, 0.3) is 0 Å². The Kier molecular flexibility index (Phi) is 3.66. The number of rotatable bonds is 4. The van der Waals surface area contributed by atoms with E-state index >= 15 is 0 Å². The highest BCUT2D eigenvalue weighted by Gasteiger charge is 2.05. The summed E-state index contributed by atoms with van der Waals surface area (Å²) in [5.74, 6) is 0.625. The van der Waals surface area contributed by atoms with Gasteiger partial charge in [0.2, 0.25) is 11.0 Å². The molecule has 5 nitrogen and oxygen atoms in total. The number of benzene rings is 1. The first-order chi connectivity index (χ1) is 8.24. The van der Waals surface area contributed by atoms with Gasteiger partial charge in [0.15, 0.2) is 5.01 Å². The average molecular weight is 249 g/mol. The summed E-state index contributed by atoms with van der Waals surface area (Å²) in [5, 5.41) is 11.5. The van der Waals surface area contributed by atoms with Crippen molar-refractivity contribution in [2.45, 2.75) is 13.5 Å². The second-order valence-electron chi connectivity index (χ2n) is 3.28. The van der Waals surface area contributed by atoms with Gasteiger partial charge >= 0.3 is 0 Å². The van der Waals surface area contributed by atoms with Gasteiger partial charge in [-0.1, -0.05) is 29.5 Å². The fourth-order valence-electron chi connectivity index (χ4n) is 1.17. The summed E-state index contributed by atoms with van der Waals surface area (Å²) in [6, 6.07) is 9.47. The molecule has 0 spiro atoms. The second-order valence-corrected chi connectivity index (χ2v) is 4.35. The first-order valence-corrected chi connectivity index (χ1v) is 5.83. The van der Waals surface area contributed by atoms with Gasteiger partial charge in [0.05, 0.1) is 0 Å². The number of para-hydroxylation sites is 1. The van der Waals surface area contributed by atoms with Crippen molar-refractivity contribution in [1.29, 1.82) is 0 Å². The molecule has 6 heteroatoms. The number of nitrogens with one attached hydrogen (secondary N) is 1. The van der Waals surface area contributed by atoms with Gasteiger partial charge in [-0.05, 0) is 12.1 Å². The quantitative estimate of drug-likeness (QED) is 0.901. The number of ether oxygens (including phenoxy) is 1. The van der Waals surface area contributed by atoms with Crippen LogP contribution in [-0.2, 0) is 11.4 Å². The molecule has 0 atom stereocenters. The number of aromatic nitrogens is 2. The fourth-order valence-corrected chi connectivity index (χ4v) is 1.87. The van der Waals surface area contributed by atoms with E-state index in [1.807, 2.05) is 30.3 Å². The van der Waals surface area contributed by atoms with Gasteiger partial charge in [-0.25, -0.2) is 0 Å². The van der Waals surface area contributed by atoms with Crippen molar-refractivity contribution in [3.05, 3.63) is 35.3 Å². The zero-order chi connectivity index (χ0) is 12.1. The van der Waals surface area contributed by atoms with Crippen molar-refractivity contribution in [2.75, 3.05) is 5.32 Å². The third kappa shape index (κ3) is 3.53. The molecule has 2 rings (SSSR count). The van der Waals surface area contributed by atoms with E-state index in [0.717, 1.165) is 10.8 Å². The van der Waals surface area contributed by atoms with E-state index in [0.29, 0.717) is 11.7 Å². The fraction of sp³-hybridized carbons (Fsp3) is 0.182. The van der Waals surface area contributed by atoms with E-state index in [1.165, 1.54) is 18.3 Å². The first-order valence-electron chi connectivity index (χ1n) is 5.02. The summed E-state index contributed by atoms with van der Waals surface area (Å²) < 4.78 is 5.51. The van der Waals surface area contributed by atoms with Crippen molar-refractivity contribution in [2.24, 2.45) is 0 Å². The van der Waals surface area contributed by atoms with E-state index in [4.69, 9.17) is 4.74 Å². The highest BCUT2D eigenvalue weighted by molar-refractivity contribution is 7.15. The lowest BCUT2D eigenvalue weighted by Crippen LogP contribution is -2.04. The molecule has 0 aliphatic rings. The Morgan fingerprint density at radius 2 is 2.12 bits per heavy atom. The second kappa shape index (κ2) is 5.40. The Bertz CT molecular complexity index is 498. The molecular formula is C11H11N3O2S. The number of nitrogens with zero attached hydrogens (tertiary/aromatic N) is 2. The molecule has 1 N–H and O–H groups in total. The summed E-state index contributed by atoms with van der Waals surface area (Å²) in [6.07, 6.45) is 0. The Morgan fingerprint density at radius 3 is 2.82 bits per heavy atom. The molecular weight excluding hydrogens is 238 g/mol. The molecule has 0 unspecified atom stereocenters. The maximum atomic E-state index is 10.8. The predicted octanol–water partition coefficient (Wildman–Crippen LogP) is 2.08. The standard InChI is InChI=1S/C11H11N3O2S/c1-8(15)12-11-14-13-10(17-11)7-16-9-5-3-2-4-6-9/h2-6H,7H2,1H3,(H,12,14,15). The molecule has 0 fully saturated rings. The Morgan fingerprint density at radius 1 is 1.35 bits per heavy atom. The molecule has 17 heavy (non-hydrogen) atoms. The largest absolute Gasteiger partial charge is 0.486 e. The van der Waals surface area contributed by atoms with Gasteiger partial charge < -0.3 is 10.1 Å². The number of amides is 1. The van der Waals surface area contributed by atoms with Crippen LogP contribution in [0, 0.1) is 0 Å². The van der Waals surface area contributed by atoms with Gasteiger partial charge in [0.25, 0.3) is 0 Å². The van der Waals surface area contributed by atoms with Crippen molar-refractivity contribution in [1.82, 2.24) is 10.2 Å². The van der Waals surface area contributed by atoms with Crippen molar-refractivity contribution in [3.8, 4) is 5.75 Å². The maximum absolute atomic E-state index is 10.8. The average Bonchev–Trinajstić information content (AvgIpc) is 2.75. The third-order valence-corrected chi connectivity index (χ3v) is 2.67. The number of anilines is 1. The lowest BCUT2D eigenvalue weighted by molar-refractivity contribution is -0.114. The van der Waals surface area contributed by atoms with E-state index in [1.54, 1.807) is 0 Å². The SMILES string of the molecule is CC(=O)Nc1nnc(COc2ccccc2)s1. The zero-order valence-electron chi connectivity index (χ0n) is 9.21. The van der Waals surface area contributed by atoms with Gasteiger partial charge in [-0.2, -0.15) is 0 Å². The Balaban J connectivity index is 1.91. The van der Waals surface area contributed by atoms with Crippen LogP contribution in [0.4, 0.5) is 5.13 Å². The highest BCUT2D eigenvalue weighted by Crippen LogP contribution is 2.17. The van der Waals surface area contributed by atoms with Crippen LogP contribution in [0.1, 0.15) is 11.9 Å². The van der Waals surface area contributed by atoms with Crippen LogP contribution in [0.5, 0.6) is 5.75 Å². The van der Waals surface area contributed by atoms with Crippen molar-refractivity contribution < 1.29 is 9.53 Å². The lowest BCUT2D eigenvalue weighted by Gasteiger charge is -2.01. The van der Waals surface area contributed by atoms with Crippen LogP contribution >= 0.6 is 11.3 Å². The molecule has 0 aliphatic heterocycles. The molecule has 0 saturated carbocycles. The molecule has 0 bridgehead atoms. The molecule has 1 heterocycles. The van der Waals surface area contributed by atoms with Crippen LogP contribution in [0.2, 0.25) is 0 Å². The summed E-state index contributed by atoms with van der Waals surface area (Å²) >= 11 is 1.30. The molecule has 1 aromatic heterocycles. The molecule has 0 saturated heterocycles. The van der Waals surface area contributed by atoms with E-state index < -0.39 is 0 Å². The summed E-state index contributed by atoms with van der Waals surface area (Å²) in [4.78, 5) is 10.8. The lowest BCUT2D eigenvalue weighted by atomic mass is 10.3. The summed E-state index contributed by atoms with van der Waals surface area (Å²) in [7, 11) is 0. The van der Waals surface area contributed by atoms with Crippen LogP contribution in [0.3, 0.4) is 0 Å². The smallest absolute Gasteiger partial charge is 0.223 e. The molecule has 2 aromatic rings. The van der Waals surface area contributed by atoms with Crippen LogP contribution in [-0.4, -0.2) is 16.1 Å². The van der Waals surface area contributed by atoms with Gasteiger partial charge in [0, 0.05) is 6.92 Å². The van der Waals surface area contributed by atoms with Gasteiger partial charge in [-0.3, -0.25) is 4.79 Å². The van der Waals surface area contributed by atoms with Crippen molar-refractivity contribution >= 4 is 22.4 Å². The van der Waals surface area contributed by atoms with Gasteiger partial charge in [-0.15, -0.1) is 10.2 Å². The molecule has 1 aromatic carbocycles. The van der Waals surface area contributed by atoms with Crippen LogP contribution < -0.4 is 10.1 Å². The topological polar surface area (TPSA) is 64.1 Å². The monoisotopic (exact) mass is 249 g/mol. The zero-order valence-corrected chi connectivity index (χ0v) is 10.0. The Labute approximate surface area is 102 Å². The third-order valence-electron chi connectivity index (χ3n) is 1.86. The molecule has 0 aliphatic carbocycles. The maximum Gasteiger partial charge on any atom is 0.223 e. The molecule has 1 amide bonds. The molecule has 0 radical (unpaired) electrons.